The summed E-state index contributed by atoms with van der Waals surface area (Å²) in [6.07, 6.45) is 2.31. The third-order valence-corrected chi connectivity index (χ3v) is 1.92. The van der Waals surface area contributed by atoms with E-state index in [0.29, 0.717) is 5.92 Å². The summed E-state index contributed by atoms with van der Waals surface area (Å²) in [5.41, 5.74) is 0. The van der Waals surface area contributed by atoms with Gasteiger partial charge >= 0.3 is 5.97 Å². The molecule has 0 aromatic heterocycles. The molecule has 0 heterocycles. The number of carboxylic acid groups (broad SMARTS) is 1. The first-order valence-corrected chi connectivity index (χ1v) is 4.54. The molecule has 0 saturated heterocycles. The van der Waals surface area contributed by atoms with Gasteiger partial charge in [-0.2, -0.15) is 0 Å². The van der Waals surface area contributed by atoms with Gasteiger partial charge < -0.3 is 10.4 Å². The van der Waals surface area contributed by atoms with Crippen molar-refractivity contribution in [1.29, 1.82) is 0 Å². The van der Waals surface area contributed by atoms with Gasteiger partial charge in [0.05, 0.1) is 0 Å². The van der Waals surface area contributed by atoms with E-state index in [1.165, 1.54) is 0 Å². The first kappa shape index (κ1) is 11.4. The van der Waals surface area contributed by atoms with Gasteiger partial charge in [0, 0.05) is 0 Å². The fourth-order valence-corrected chi connectivity index (χ4v) is 1.06. The fraction of sp³-hybridized carbons (Fsp3) is 0.889. The minimum atomic E-state index is -0.779. The summed E-state index contributed by atoms with van der Waals surface area (Å²) >= 11 is 0. The molecule has 3 nitrogen and oxygen atoms in total. The molecule has 0 rings (SSSR count). The van der Waals surface area contributed by atoms with Gasteiger partial charge in [0.1, 0.15) is 6.04 Å². The third kappa shape index (κ3) is 5.13. The van der Waals surface area contributed by atoms with Gasteiger partial charge in [-0.25, -0.2) is 0 Å². The Morgan fingerprint density at radius 2 is 2.08 bits per heavy atom. The Balaban J connectivity index is 3.46. The molecular formula is C9H19NO2. The molecule has 0 amide bonds. The maximum atomic E-state index is 10.4. The van der Waals surface area contributed by atoms with Crippen molar-refractivity contribution < 1.29 is 9.90 Å². The van der Waals surface area contributed by atoms with E-state index < -0.39 is 12.0 Å². The summed E-state index contributed by atoms with van der Waals surface area (Å²) in [4.78, 5) is 10.4. The van der Waals surface area contributed by atoms with E-state index >= 15 is 0 Å². The van der Waals surface area contributed by atoms with Gasteiger partial charge in [0.15, 0.2) is 0 Å². The number of hydrogen-bond donors (Lipinski definition) is 2. The molecule has 0 aliphatic heterocycles. The molecule has 2 N–H and O–H groups in total. The molecule has 0 fully saturated rings. The molecule has 1 unspecified atom stereocenters. The normalized spacial score (nSPS) is 15.6. The third-order valence-electron chi connectivity index (χ3n) is 1.92. The number of rotatable bonds is 6. The zero-order valence-corrected chi connectivity index (χ0v) is 8.13. The average molecular weight is 173 g/mol. The first-order chi connectivity index (χ1) is 5.57. The van der Waals surface area contributed by atoms with E-state index in [0.717, 1.165) is 19.4 Å². The standard InChI is InChI=1S/C9H19NO2/c1-4-5-7(2)6-10-8(3)9(11)12/h7-8,10H,4-6H2,1-3H3,(H,11,12)/t7?,8-/m1/s1. The zero-order chi connectivity index (χ0) is 9.56. The van der Waals surface area contributed by atoms with Crippen molar-refractivity contribution in [2.45, 2.75) is 39.7 Å². The van der Waals surface area contributed by atoms with Crippen LogP contribution in [0.2, 0.25) is 0 Å². The summed E-state index contributed by atoms with van der Waals surface area (Å²) in [5.74, 6) is -0.213. The van der Waals surface area contributed by atoms with Gasteiger partial charge in [0.25, 0.3) is 0 Å². The van der Waals surface area contributed by atoms with Crippen LogP contribution >= 0.6 is 0 Å². The Hall–Kier alpha value is -0.570. The smallest absolute Gasteiger partial charge is 0.320 e. The highest BCUT2D eigenvalue weighted by Crippen LogP contribution is 2.02. The maximum Gasteiger partial charge on any atom is 0.320 e. The van der Waals surface area contributed by atoms with Crippen LogP contribution in [-0.4, -0.2) is 23.7 Å². The highest BCUT2D eigenvalue weighted by Gasteiger charge is 2.10. The zero-order valence-electron chi connectivity index (χ0n) is 8.13. The van der Waals surface area contributed by atoms with Crippen molar-refractivity contribution in [2.24, 2.45) is 5.92 Å². The van der Waals surface area contributed by atoms with Crippen LogP contribution in [0.15, 0.2) is 0 Å². The monoisotopic (exact) mass is 173 g/mol. The van der Waals surface area contributed by atoms with Crippen LogP contribution in [0.25, 0.3) is 0 Å². The maximum absolute atomic E-state index is 10.4. The highest BCUT2D eigenvalue weighted by molar-refractivity contribution is 5.72. The second kappa shape index (κ2) is 6.00. The highest BCUT2D eigenvalue weighted by atomic mass is 16.4. The largest absolute Gasteiger partial charge is 0.480 e. The molecule has 2 atom stereocenters. The quantitative estimate of drug-likeness (QED) is 0.639. The summed E-state index contributed by atoms with van der Waals surface area (Å²) in [7, 11) is 0. The van der Waals surface area contributed by atoms with Crippen LogP contribution in [0.4, 0.5) is 0 Å². The molecule has 0 bridgehead atoms. The van der Waals surface area contributed by atoms with Crippen molar-refractivity contribution >= 4 is 5.97 Å². The van der Waals surface area contributed by atoms with Crippen LogP contribution in [-0.2, 0) is 4.79 Å². The Bertz CT molecular complexity index is 136. The molecule has 0 aromatic rings. The van der Waals surface area contributed by atoms with Gasteiger partial charge in [-0.05, 0) is 25.8 Å². The van der Waals surface area contributed by atoms with Crippen LogP contribution in [0.1, 0.15) is 33.6 Å². The first-order valence-electron chi connectivity index (χ1n) is 4.54. The van der Waals surface area contributed by atoms with Crippen molar-refractivity contribution in [3.05, 3.63) is 0 Å². The lowest BCUT2D eigenvalue weighted by Crippen LogP contribution is -2.36. The molecule has 0 saturated carbocycles. The van der Waals surface area contributed by atoms with E-state index in [-0.39, 0.29) is 0 Å². The van der Waals surface area contributed by atoms with Crippen molar-refractivity contribution in [1.82, 2.24) is 5.32 Å². The van der Waals surface area contributed by atoms with Crippen molar-refractivity contribution in [3.8, 4) is 0 Å². The summed E-state index contributed by atoms with van der Waals surface area (Å²) < 4.78 is 0. The topological polar surface area (TPSA) is 49.3 Å². The summed E-state index contributed by atoms with van der Waals surface area (Å²) in [6, 6.07) is -0.427. The van der Waals surface area contributed by atoms with Crippen LogP contribution in [0, 0.1) is 5.92 Å². The van der Waals surface area contributed by atoms with Crippen LogP contribution in [0.5, 0.6) is 0 Å². The van der Waals surface area contributed by atoms with Gasteiger partial charge in [0.2, 0.25) is 0 Å². The van der Waals surface area contributed by atoms with E-state index in [4.69, 9.17) is 5.11 Å². The molecule has 3 heteroatoms. The second-order valence-electron chi connectivity index (χ2n) is 3.36. The Kier molecular flexibility index (Phi) is 5.72. The van der Waals surface area contributed by atoms with Gasteiger partial charge in [-0.1, -0.05) is 20.3 Å². The van der Waals surface area contributed by atoms with E-state index in [1.807, 2.05) is 0 Å². The number of carboxylic acids is 1. The molecule has 12 heavy (non-hydrogen) atoms. The van der Waals surface area contributed by atoms with Crippen LogP contribution < -0.4 is 5.32 Å². The summed E-state index contributed by atoms with van der Waals surface area (Å²) in [5, 5.41) is 11.5. The SMILES string of the molecule is CCCC(C)CN[C@H](C)C(=O)O. The summed E-state index contributed by atoms with van der Waals surface area (Å²) in [6.45, 7) is 6.73. The lowest BCUT2D eigenvalue weighted by atomic mass is 10.1. The van der Waals surface area contributed by atoms with E-state index in [1.54, 1.807) is 6.92 Å². The van der Waals surface area contributed by atoms with Gasteiger partial charge in [-0.15, -0.1) is 0 Å². The van der Waals surface area contributed by atoms with Crippen LogP contribution in [0.3, 0.4) is 0 Å². The molecule has 0 radical (unpaired) electrons. The molecule has 0 spiro atoms. The minimum Gasteiger partial charge on any atom is -0.480 e. The van der Waals surface area contributed by atoms with Gasteiger partial charge in [-0.3, -0.25) is 4.79 Å². The number of carbonyl (C=O) groups is 1. The predicted octanol–water partition coefficient (Wildman–Crippen LogP) is 1.49. The second-order valence-corrected chi connectivity index (χ2v) is 3.36. The predicted molar refractivity (Wildman–Crippen MR) is 49.2 cm³/mol. The van der Waals surface area contributed by atoms with Crippen molar-refractivity contribution in [3.63, 3.8) is 0 Å². The number of nitrogens with one attached hydrogen (secondary N) is 1. The minimum absolute atomic E-state index is 0.427. The molecular weight excluding hydrogens is 154 g/mol. The van der Waals surface area contributed by atoms with E-state index in [2.05, 4.69) is 19.2 Å². The average Bonchev–Trinajstić information content (AvgIpc) is 2.00. The number of aliphatic carboxylic acids is 1. The Morgan fingerprint density at radius 1 is 1.50 bits per heavy atom. The lowest BCUT2D eigenvalue weighted by Gasteiger charge is -2.13. The fourth-order valence-electron chi connectivity index (χ4n) is 1.06. The lowest BCUT2D eigenvalue weighted by molar-refractivity contribution is -0.139. The van der Waals surface area contributed by atoms with Crippen molar-refractivity contribution in [2.75, 3.05) is 6.54 Å². The molecule has 0 aromatic carbocycles. The number of hydrogen-bond acceptors (Lipinski definition) is 2. The molecule has 0 aliphatic carbocycles. The molecule has 0 aliphatic rings. The van der Waals surface area contributed by atoms with E-state index in [9.17, 15) is 4.79 Å². The Morgan fingerprint density at radius 3 is 2.50 bits per heavy atom. The Labute approximate surface area is 74.2 Å². The molecule has 72 valence electrons.